The summed E-state index contributed by atoms with van der Waals surface area (Å²) in [7, 11) is 0. The molecule has 0 unspecified atom stereocenters. The molecular formula is C104H162. The molecule has 0 heteroatoms. The van der Waals surface area contributed by atoms with Crippen LogP contribution in [0.5, 0.6) is 0 Å². The first-order valence-corrected chi connectivity index (χ1v) is 40.8. The van der Waals surface area contributed by atoms with Crippen LogP contribution in [0.25, 0.3) is 11.1 Å². The predicted molar refractivity (Wildman–Crippen MR) is 480 cm³/mol. The molecule has 0 nitrogen and oxygen atoms in total. The van der Waals surface area contributed by atoms with Crippen LogP contribution in [0.2, 0.25) is 0 Å². The molecule has 0 aliphatic heterocycles. The first-order chi connectivity index (χ1) is 49.1. The Kier molecular flexibility index (Phi) is 60.8. The minimum absolute atomic E-state index is 0. The molecule has 0 spiro atoms. The van der Waals surface area contributed by atoms with Crippen molar-refractivity contribution < 1.29 is 0 Å². The van der Waals surface area contributed by atoms with E-state index in [1.54, 1.807) is 11.1 Å². The van der Waals surface area contributed by atoms with Crippen molar-refractivity contribution in [1.29, 1.82) is 0 Å². The lowest BCUT2D eigenvalue weighted by Gasteiger charge is -2.63. The van der Waals surface area contributed by atoms with Crippen molar-refractivity contribution in [3.05, 3.63) is 307 Å². The Balaban J connectivity index is -0.000000640. The molecule has 4 bridgehead atoms. The molecule has 0 aromatic heterocycles. The zero-order valence-corrected chi connectivity index (χ0v) is 68.7. The molecular weight excluding hydrogens is 1250 g/mol. The van der Waals surface area contributed by atoms with Crippen LogP contribution in [0.3, 0.4) is 0 Å². The number of rotatable bonds is 19. The van der Waals surface area contributed by atoms with Crippen molar-refractivity contribution in [2.24, 2.45) is 22.7 Å². The molecule has 4 aliphatic rings. The summed E-state index contributed by atoms with van der Waals surface area (Å²) in [6.45, 7) is 49.3. The molecule has 578 valence electrons. The fraction of sp³-hybridized carbons (Fsp3) is 0.481. The SMILES string of the molecule is C.C.C.C.CC.CC.CC.CC.CC.CC.CC.CC.CC.CCc1ccc(CC23CC4CC(C2)CC(Cc2ccc(CC)cc2)(C4)C3)cc1.CCc1ccc(Cc2ccc(-c3ccc(Cc4ccc(CC)cc4)cc3)cc2)cc1.CCc1ccc(Cc2ccc(Cc3ccc(CC)cc3)cc2)cc1. The summed E-state index contributed by atoms with van der Waals surface area (Å²) in [6.07, 6.45) is 22.3. The van der Waals surface area contributed by atoms with E-state index >= 15 is 0 Å². The number of benzene rings is 9. The van der Waals surface area contributed by atoms with Gasteiger partial charge in [0.25, 0.3) is 0 Å². The van der Waals surface area contributed by atoms with Crippen LogP contribution in [-0.2, 0) is 77.0 Å². The molecule has 0 heterocycles. The van der Waals surface area contributed by atoms with Crippen LogP contribution in [0.4, 0.5) is 0 Å². The van der Waals surface area contributed by atoms with Crippen molar-refractivity contribution in [3.63, 3.8) is 0 Å². The maximum absolute atomic E-state index is 2.42. The highest BCUT2D eigenvalue weighted by Crippen LogP contribution is 2.67. The van der Waals surface area contributed by atoms with Crippen LogP contribution in [0.1, 0.15) is 323 Å². The van der Waals surface area contributed by atoms with Crippen LogP contribution in [-0.4, -0.2) is 0 Å². The molecule has 0 N–H and O–H groups in total. The van der Waals surface area contributed by atoms with Gasteiger partial charge in [-0.2, -0.15) is 0 Å². The molecule has 0 atom stereocenters. The lowest BCUT2D eigenvalue weighted by molar-refractivity contribution is -0.109. The summed E-state index contributed by atoms with van der Waals surface area (Å²) < 4.78 is 0. The van der Waals surface area contributed by atoms with Gasteiger partial charge in [0.2, 0.25) is 0 Å². The van der Waals surface area contributed by atoms with Crippen molar-refractivity contribution >= 4 is 0 Å². The average molecular weight is 1410 g/mol. The second kappa shape index (κ2) is 61.2. The lowest BCUT2D eigenvalue weighted by Crippen LogP contribution is -2.53. The zero-order valence-electron chi connectivity index (χ0n) is 68.7. The summed E-state index contributed by atoms with van der Waals surface area (Å²) in [5.41, 5.74) is 26.4. The number of hydrogen-bond acceptors (Lipinski definition) is 0. The summed E-state index contributed by atoms with van der Waals surface area (Å²) in [5, 5.41) is 0. The van der Waals surface area contributed by atoms with Gasteiger partial charge in [0.05, 0.1) is 0 Å². The minimum Gasteiger partial charge on any atom is -0.0776 e. The quantitative estimate of drug-likeness (QED) is 0.0757. The van der Waals surface area contributed by atoms with Gasteiger partial charge in [-0.1, -0.05) is 414 Å². The standard InChI is InChI=1S/C30H30.C28H36.C24H26.9C2H6.4CH4/c1-3-23-5-9-25(10-6-23)21-27-13-17-29(18-14-27)30-19-15-28(16-20-30)22-26-11-7-24(4-2)8-12-26;1-3-21-5-9-23(10-6-21)14-27-16-25-13-26(17-27)19-28(18-25,20-27)15-24-11-7-22(4-2)8-12-24;1-3-19-5-9-21(10-6-19)17-23-13-15-24(16-14-23)18-22-11-7-20(4-2)8-12-22;9*1-2;;;;/h5-20H,3-4,21-22H2,1-2H3;5-12,25-26H,3-4,13-20H2,1-2H3;5-16H,3-4,17-18H2,1-2H3;9*1-2H3;4*1H4. The van der Waals surface area contributed by atoms with E-state index in [0.717, 1.165) is 76.0 Å². The average Bonchev–Trinajstić information content (AvgIpc) is 0.722. The maximum atomic E-state index is 2.42. The smallest absolute Gasteiger partial charge is 0.00258 e. The highest BCUT2D eigenvalue weighted by Gasteiger charge is 2.57. The third-order valence-electron chi connectivity index (χ3n) is 18.9. The fourth-order valence-electron chi connectivity index (χ4n) is 14.6. The van der Waals surface area contributed by atoms with Gasteiger partial charge in [0, 0.05) is 0 Å². The number of aryl methyl sites for hydroxylation is 6. The van der Waals surface area contributed by atoms with Gasteiger partial charge in [-0.05, 0) is 238 Å². The predicted octanol–water partition coefficient (Wildman–Crippen LogP) is 32.6. The Morgan fingerprint density at radius 3 is 0.490 bits per heavy atom. The minimum atomic E-state index is 0. The molecule has 0 amide bonds. The zero-order chi connectivity index (χ0) is 74.7. The Bertz CT molecular complexity index is 3100. The normalized spacial score (nSPS) is 15.1. The number of hydrogen-bond donors (Lipinski definition) is 0. The Labute approximate surface area is 648 Å². The fourth-order valence-corrected chi connectivity index (χ4v) is 14.6. The van der Waals surface area contributed by atoms with E-state index in [1.165, 1.54) is 140 Å². The van der Waals surface area contributed by atoms with Crippen LogP contribution < -0.4 is 0 Å². The van der Waals surface area contributed by atoms with Gasteiger partial charge in [-0.3, -0.25) is 0 Å². The van der Waals surface area contributed by atoms with Crippen LogP contribution >= 0.6 is 0 Å². The Hall–Kier alpha value is -7.02. The third-order valence-corrected chi connectivity index (χ3v) is 18.9. The van der Waals surface area contributed by atoms with Crippen LogP contribution in [0, 0.1) is 22.7 Å². The second-order valence-electron chi connectivity index (χ2n) is 25.3. The maximum Gasteiger partial charge on any atom is -0.00258 e. The molecule has 9 aromatic carbocycles. The van der Waals surface area contributed by atoms with Crippen LogP contribution in [0.15, 0.2) is 218 Å². The topological polar surface area (TPSA) is 0 Å². The molecule has 104 heavy (non-hydrogen) atoms. The molecule has 4 fully saturated rings. The monoisotopic (exact) mass is 1410 g/mol. The summed E-state index contributed by atoms with van der Waals surface area (Å²) in [4.78, 5) is 0. The highest BCUT2D eigenvalue weighted by atomic mass is 14.6. The van der Waals surface area contributed by atoms with Gasteiger partial charge in [-0.25, -0.2) is 0 Å². The van der Waals surface area contributed by atoms with Gasteiger partial charge in [0.1, 0.15) is 0 Å². The van der Waals surface area contributed by atoms with Crippen molar-refractivity contribution in [2.45, 2.75) is 311 Å². The van der Waals surface area contributed by atoms with Gasteiger partial charge < -0.3 is 0 Å². The van der Waals surface area contributed by atoms with E-state index in [-0.39, 0.29) is 29.7 Å². The van der Waals surface area contributed by atoms with Gasteiger partial charge >= 0.3 is 0 Å². The van der Waals surface area contributed by atoms with Crippen molar-refractivity contribution in [3.8, 4) is 11.1 Å². The van der Waals surface area contributed by atoms with E-state index in [9.17, 15) is 0 Å². The Morgan fingerprint density at radius 2 is 0.337 bits per heavy atom. The largest absolute Gasteiger partial charge is 0.0776 e. The molecule has 13 rings (SSSR count). The summed E-state index contributed by atoms with van der Waals surface area (Å²) in [6, 6.07) is 82.1. The van der Waals surface area contributed by atoms with E-state index in [0.29, 0.717) is 10.8 Å². The molecule has 0 radical (unpaired) electrons. The van der Waals surface area contributed by atoms with Crippen molar-refractivity contribution in [1.82, 2.24) is 0 Å². The third kappa shape index (κ3) is 34.9. The summed E-state index contributed by atoms with van der Waals surface area (Å²) in [5.74, 6) is 1.98. The molecule has 9 aromatic rings. The first kappa shape index (κ1) is 103. The van der Waals surface area contributed by atoms with E-state index in [4.69, 9.17) is 0 Å². The second-order valence-corrected chi connectivity index (χ2v) is 25.3. The van der Waals surface area contributed by atoms with E-state index in [2.05, 4.69) is 260 Å². The van der Waals surface area contributed by atoms with E-state index < -0.39 is 0 Å². The lowest BCUT2D eigenvalue weighted by atomic mass is 9.42. The van der Waals surface area contributed by atoms with E-state index in [1.807, 2.05) is 125 Å². The molecule has 0 saturated heterocycles. The summed E-state index contributed by atoms with van der Waals surface area (Å²) >= 11 is 0. The molecule has 4 saturated carbocycles. The van der Waals surface area contributed by atoms with Crippen molar-refractivity contribution in [2.75, 3.05) is 0 Å². The highest BCUT2D eigenvalue weighted by molar-refractivity contribution is 5.64. The van der Waals surface area contributed by atoms with Gasteiger partial charge in [0.15, 0.2) is 0 Å². The van der Waals surface area contributed by atoms with Gasteiger partial charge in [-0.15, -0.1) is 0 Å². The molecule has 4 aliphatic carbocycles. The Morgan fingerprint density at radius 1 is 0.202 bits per heavy atom. The first-order valence-electron chi connectivity index (χ1n) is 40.8.